The van der Waals surface area contributed by atoms with Crippen LogP contribution in [0.4, 0.5) is 10.6 Å². The molecule has 1 aromatic carbocycles. The number of ether oxygens (including phenoxy) is 1. The van der Waals surface area contributed by atoms with E-state index in [0.717, 1.165) is 42.8 Å². The molecule has 1 spiro atoms. The van der Waals surface area contributed by atoms with Gasteiger partial charge in [0.05, 0.1) is 5.69 Å². The van der Waals surface area contributed by atoms with E-state index in [0.29, 0.717) is 23.1 Å². The molecule has 3 N–H and O–H groups in total. The highest BCUT2D eigenvalue weighted by Crippen LogP contribution is 2.44. The minimum atomic E-state index is -0.246. The lowest BCUT2D eigenvalue weighted by Gasteiger charge is -2.24. The van der Waals surface area contributed by atoms with E-state index in [1.54, 1.807) is 6.20 Å². The summed E-state index contributed by atoms with van der Waals surface area (Å²) in [7, 11) is 0. The highest BCUT2D eigenvalue weighted by Gasteiger charge is 2.47. The number of benzene rings is 1. The zero-order chi connectivity index (χ0) is 24.7. The third-order valence-corrected chi connectivity index (χ3v) is 7.21. The molecule has 184 valence electrons. The van der Waals surface area contributed by atoms with Gasteiger partial charge in [-0.2, -0.15) is 5.10 Å². The van der Waals surface area contributed by atoms with E-state index < -0.39 is 0 Å². The maximum Gasteiger partial charge on any atom is 0.317 e. The zero-order valence-electron chi connectivity index (χ0n) is 20.3. The van der Waals surface area contributed by atoms with Crippen LogP contribution < -0.4 is 15.8 Å². The van der Waals surface area contributed by atoms with Gasteiger partial charge in [0.25, 0.3) is 0 Å². The first-order valence-electron chi connectivity index (χ1n) is 12.1. The number of hydrogen-bond acceptors (Lipinski definition) is 5. The standard InChI is InChI=1S/C26H31ClN6O2/c1-16(2)30-25(34)32-9-7-26(15-32)8-10-33-23(26)13-21(31-33)19-12-22(24(28)29-14-19)35-17(3)18-5-4-6-20(27)11-18/h4-6,11-14,16-17H,7-10,15H2,1-3H3,(H2,28,29)(H,30,34)/t17?,26-/m1/s1. The van der Waals surface area contributed by atoms with Gasteiger partial charge in [-0.1, -0.05) is 23.7 Å². The highest BCUT2D eigenvalue weighted by molar-refractivity contribution is 6.30. The van der Waals surface area contributed by atoms with E-state index in [1.807, 2.05) is 56.0 Å². The van der Waals surface area contributed by atoms with Gasteiger partial charge in [-0.05, 0) is 63.4 Å². The van der Waals surface area contributed by atoms with Crippen LogP contribution in [0, 0.1) is 0 Å². The molecule has 0 aliphatic carbocycles. The normalized spacial score (nSPS) is 19.9. The first-order valence-corrected chi connectivity index (χ1v) is 12.4. The van der Waals surface area contributed by atoms with Crippen molar-refractivity contribution in [1.82, 2.24) is 25.0 Å². The van der Waals surface area contributed by atoms with Crippen LogP contribution in [-0.2, 0) is 12.0 Å². The number of nitrogens with two attached hydrogens (primary N) is 1. The highest BCUT2D eigenvalue weighted by atomic mass is 35.5. The number of amides is 2. The SMILES string of the molecule is CC(C)NC(=O)N1CC[C@@]2(CCn3nc(-c4cnc(N)c(OC(C)c5cccc(Cl)c5)c4)cc32)C1. The van der Waals surface area contributed by atoms with Crippen LogP contribution in [-0.4, -0.2) is 44.8 Å². The number of urea groups is 1. The van der Waals surface area contributed by atoms with E-state index in [9.17, 15) is 4.79 Å². The van der Waals surface area contributed by atoms with Crippen molar-refractivity contribution in [3.8, 4) is 17.0 Å². The Kier molecular flexibility index (Phi) is 6.09. The van der Waals surface area contributed by atoms with Crippen LogP contribution in [0.3, 0.4) is 0 Å². The largest absolute Gasteiger partial charge is 0.482 e. The fourth-order valence-electron chi connectivity index (χ4n) is 5.11. The van der Waals surface area contributed by atoms with Gasteiger partial charge in [-0.3, -0.25) is 4.68 Å². The quantitative estimate of drug-likeness (QED) is 0.531. The summed E-state index contributed by atoms with van der Waals surface area (Å²) in [4.78, 5) is 18.9. The maximum atomic E-state index is 12.6. The Hall–Kier alpha value is -3.26. The number of likely N-dealkylation sites (tertiary alicyclic amines) is 1. The van der Waals surface area contributed by atoms with Crippen molar-refractivity contribution >= 4 is 23.4 Å². The Bertz CT molecular complexity index is 1260. The Morgan fingerprint density at radius 1 is 1.20 bits per heavy atom. The summed E-state index contributed by atoms with van der Waals surface area (Å²) in [5.41, 5.74) is 9.89. The van der Waals surface area contributed by atoms with Crippen LogP contribution in [0.15, 0.2) is 42.6 Å². The van der Waals surface area contributed by atoms with E-state index >= 15 is 0 Å². The van der Waals surface area contributed by atoms with E-state index in [2.05, 4.69) is 21.0 Å². The average molecular weight is 495 g/mol. The fraction of sp³-hybridized carbons (Fsp3) is 0.423. The molecule has 5 rings (SSSR count). The number of nitrogens with zero attached hydrogens (tertiary/aromatic N) is 4. The van der Waals surface area contributed by atoms with Gasteiger partial charge in [0.15, 0.2) is 11.6 Å². The number of halogens is 1. The van der Waals surface area contributed by atoms with Crippen molar-refractivity contribution in [2.75, 3.05) is 18.8 Å². The van der Waals surface area contributed by atoms with E-state index in [-0.39, 0.29) is 23.6 Å². The van der Waals surface area contributed by atoms with Crippen LogP contribution in [0.25, 0.3) is 11.3 Å². The molecule has 2 aliphatic rings. The molecule has 2 aliphatic heterocycles. The number of aromatic nitrogens is 3. The van der Waals surface area contributed by atoms with Crippen LogP contribution in [0.5, 0.6) is 5.75 Å². The van der Waals surface area contributed by atoms with Crippen molar-refractivity contribution < 1.29 is 9.53 Å². The Morgan fingerprint density at radius 2 is 2.00 bits per heavy atom. The van der Waals surface area contributed by atoms with Crippen molar-refractivity contribution in [2.45, 2.75) is 57.7 Å². The molecule has 2 atom stereocenters. The molecule has 35 heavy (non-hydrogen) atoms. The molecule has 1 saturated heterocycles. The predicted octanol–water partition coefficient (Wildman–Crippen LogP) is 4.79. The molecule has 0 saturated carbocycles. The summed E-state index contributed by atoms with van der Waals surface area (Å²) in [6.07, 6.45) is 3.42. The Balaban J connectivity index is 1.37. The Labute approximate surface area is 210 Å². The first kappa shape index (κ1) is 23.5. The number of fused-ring (bicyclic) bond motifs is 2. The number of pyridine rings is 1. The Morgan fingerprint density at radius 3 is 2.77 bits per heavy atom. The number of hydrogen-bond donors (Lipinski definition) is 2. The lowest BCUT2D eigenvalue weighted by Crippen LogP contribution is -2.43. The van der Waals surface area contributed by atoms with Crippen LogP contribution >= 0.6 is 11.6 Å². The number of nitrogen functional groups attached to an aromatic ring is 1. The van der Waals surface area contributed by atoms with Crippen molar-refractivity contribution in [1.29, 1.82) is 0 Å². The van der Waals surface area contributed by atoms with Crippen molar-refractivity contribution in [2.24, 2.45) is 0 Å². The minimum absolute atomic E-state index is 0.00779. The third-order valence-electron chi connectivity index (χ3n) is 6.98. The predicted molar refractivity (Wildman–Crippen MR) is 137 cm³/mol. The van der Waals surface area contributed by atoms with Gasteiger partial charge in [0.1, 0.15) is 6.10 Å². The smallest absolute Gasteiger partial charge is 0.317 e. The molecule has 0 radical (unpaired) electrons. The second-order valence-electron chi connectivity index (χ2n) is 9.87. The van der Waals surface area contributed by atoms with Crippen LogP contribution in [0.2, 0.25) is 5.02 Å². The number of carbonyl (C=O) groups is 1. The van der Waals surface area contributed by atoms with E-state index in [1.165, 1.54) is 5.69 Å². The molecule has 1 fully saturated rings. The first-order chi connectivity index (χ1) is 16.7. The molecule has 2 amide bonds. The molecular formula is C26H31ClN6O2. The maximum absolute atomic E-state index is 12.6. The molecule has 4 heterocycles. The number of rotatable bonds is 5. The van der Waals surface area contributed by atoms with Crippen molar-refractivity contribution in [3.05, 3.63) is 58.9 Å². The number of carbonyl (C=O) groups excluding carboxylic acids is 1. The molecule has 3 aromatic rings. The zero-order valence-corrected chi connectivity index (χ0v) is 21.0. The lowest BCUT2D eigenvalue weighted by atomic mass is 9.82. The van der Waals surface area contributed by atoms with Crippen LogP contribution in [0.1, 0.15) is 51.0 Å². The summed E-state index contributed by atoms with van der Waals surface area (Å²) < 4.78 is 8.23. The summed E-state index contributed by atoms with van der Waals surface area (Å²) in [6.45, 7) is 8.22. The number of nitrogens with one attached hydrogen (secondary N) is 1. The molecule has 9 heteroatoms. The van der Waals surface area contributed by atoms with Gasteiger partial charge in [-0.15, -0.1) is 0 Å². The summed E-state index contributed by atoms with van der Waals surface area (Å²) in [5.74, 6) is 0.837. The van der Waals surface area contributed by atoms with Gasteiger partial charge in [0.2, 0.25) is 0 Å². The number of aryl methyl sites for hydroxylation is 1. The lowest BCUT2D eigenvalue weighted by molar-refractivity contribution is 0.203. The average Bonchev–Trinajstić information content (AvgIpc) is 3.52. The fourth-order valence-corrected chi connectivity index (χ4v) is 5.31. The molecular weight excluding hydrogens is 464 g/mol. The molecule has 0 bridgehead atoms. The third kappa shape index (κ3) is 4.55. The second kappa shape index (κ2) is 9.07. The molecule has 1 unspecified atom stereocenters. The van der Waals surface area contributed by atoms with Crippen molar-refractivity contribution in [3.63, 3.8) is 0 Å². The van der Waals surface area contributed by atoms with Gasteiger partial charge in [0, 0.05) is 53.6 Å². The van der Waals surface area contributed by atoms with Gasteiger partial charge >= 0.3 is 6.03 Å². The van der Waals surface area contributed by atoms with E-state index in [4.69, 9.17) is 27.2 Å². The number of anilines is 1. The van der Waals surface area contributed by atoms with Gasteiger partial charge in [-0.25, -0.2) is 9.78 Å². The molecule has 2 aromatic heterocycles. The summed E-state index contributed by atoms with van der Waals surface area (Å²) in [5, 5.41) is 8.53. The molecule has 8 nitrogen and oxygen atoms in total. The summed E-state index contributed by atoms with van der Waals surface area (Å²) in [6, 6.07) is 11.7. The summed E-state index contributed by atoms with van der Waals surface area (Å²) >= 11 is 6.14. The minimum Gasteiger partial charge on any atom is -0.482 e. The topological polar surface area (TPSA) is 98.3 Å². The van der Waals surface area contributed by atoms with Gasteiger partial charge < -0.3 is 20.7 Å². The second-order valence-corrected chi connectivity index (χ2v) is 10.3. The monoisotopic (exact) mass is 494 g/mol.